The summed E-state index contributed by atoms with van der Waals surface area (Å²) in [5.41, 5.74) is 1.82. The molecule has 0 bridgehead atoms. The summed E-state index contributed by atoms with van der Waals surface area (Å²) < 4.78 is 0. The maximum Gasteiger partial charge on any atom is 0.235 e. The van der Waals surface area contributed by atoms with Crippen LogP contribution >= 0.6 is 11.3 Å². The lowest BCUT2D eigenvalue weighted by molar-refractivity contribution is -0.121. The number of carbonyl (C=O) groups excluding carboxylic acids is 1. The molecule has 1 fully saturated rings. The number of benzene rings is 1. The molecule has 1 aliphatic carbocycles. The van der Waals surface area contributed by atoms with Gasteiger partial charge in [-0.2, -0.15) is 5.26 Å². The predicted molar refractivity (Wildman–Crippen MR) is 110 cm³/mol. The van der Waals surface area contributed by atoms with Crippen LogP contribution in [-0.2, 0) is 11.2 Å². The maximum absolute atomic E-state index is 12.5. The minimum Gasteiger partial charge on any atom is -0.337 e. The van der Waals surface area contributed by atoms with E-state index in [1.807, 2.05) is 6.07 Å². The first-order valence-corrected chi connectivity index (χ1v) is 10.6. The van der Waals surface area contributed by atoms with Crippen molar-refractivity contribution in [1.29, 1.82) is 5.26 Å². The maximum atomic E-state index is 12.5. The predicted octanol–water partition coefficient (Wildman–Crippen LogP) is 4.33. The zero-order chi connectivity index (χ0) is 19.1. The first-order valence-electron chi connectivity index (χ1n) is 9.74. The number of nitrogens with zero attached hydrogens (tertiary/aromatic N) is 1. The van der Waals surface area contributed by atoms with Gasteiger partial charge in [-0.25, -0.2) is 0 Å². The summed E-state index contributed by atoms with van der Waals surface area (Å²) in [5.74, 6) is -0.109. The number of amides is 1. The Morgan fingerprint density at radius 2 is 2.00 bits per heavy atom. The molecule has 0 saturated heterocycles. The van der Waals surface area contributed by atoms with Gasteiger partial charge in [0.1, 0.15) is 5.54 Å². The van der Waals surface area contributed by atoms with E-state index in [-0.39, 0.29) is 18.5 Å². The lowest BCUT2D eigenvalue weighted by Crippen LogP contribution is -2.48. The van der Waals surface area contributed by atoms with E-state index < -0.39 is 5.54 Å². The quantitative estimate of drug-likeness (QED) is 0.715. The summed E-state index contributed by atoms with van der Waals surface area (Å²) >= 11 is 1.68. The molecule has 1 heterocycles. The molecule has 2 N–H and O–H groups in total. The fourth-order valence-electron chi connectivity index (χ4n) is 3.75. The molecule has 1 aromatic heterocycles. The third-order valence-electron chi connectivity index (χ3n) is 5.20. The second kappa shape index (κ2) is 9.16. The van der Waals surface area contributed by atoms with Crippen LogP contribution < -0.4 is 10.6 Å². The summed E-state index contributed by atoms with van der Waals surface area (Å²) in [6, 6.07) is 15.1. The van der Waals surface area contributed by atoms with Gasteiger partial charge in [-0.1, -0.05) is 43.7 Å². The molecule has 1 amide bonds. The molecule has 2 aromatic rings. The van der Waals surface area contributed by atoms with Gasteiger partial charge in [0, 0.05) is 4.88 Å². The van der Waals surface area contributed by atoms with Crippen LogP contribution in [0.4, 0.5) is 0 Å². The third-order valence-corrected chi connectivity index (χ3v) is 6.13. The Bertz CT molecular complexity index is 771. The molecule has 1 aliphatic rings. The SMILES string of the molecule is CCCc1ccc([C@@H](NCC(=O)NC2(C#N)CCCC2)c2cccs2)cc1. The van der Waals surface area contributed by atoms with Crippen molar-refractivity contribution in [3.05, 3.63) is 57.8 Å². The monoisotopic (exact) mass is 381 g/mol. The molecule has 0 radical (unpaired) electrons. The molecule has 1 aromatic carbocycles. The van der Waals surface area contributed by atoms with Crippen molar-refractivity contribution in [2.45, 2.75) is 57.0 Å². The van der Waals surface area contributed by atoms with Crippen LogP contribution in [0.15, 0.2) is 41.8 Å². The number of rotatable bonds is 8. The average molecular weight is 382 g/mol. The Labute approximate surface area is 165 Å². The highest BCUT2D eigenvalue weighted by Crippen LogP contribution is 2.29. The molecule has 0 spiro atoms. The van der Waals surface area contributed by atoms with Crippen LogP contribution in [0.25, 0.3) is 0 Å². The van der Waals surface area contributed by atoms with Crippen molar-refractivity contribution < 1.29 is 4.79 Å². The molecule has 27 heavy (non-hydrogen) atoms. The molecule has 4 nitrogen and oxygen atoms in total. The lowest BCUT2D eigenvalue weighted by atomic mass is 9.99. The van der Waals surface area contributed by atoms with Crippen LogP contribution in [-0.4, -0.2) is 18.0 Å². The standard InChI is InChI=1S/C22H27N3OS/c1-2-6-17-8-10-18(11-9-17)21(19-7-5-14-27-19)24-15-20(26)25-22(16-23)12-3-4-13-22/h5,7-11,14,21,24H,2-4,6,12-13,15H2,1H3,(H,25,26)/t21-/m1/s1. The fourth-order valence-corrected chi connectivity index (χ4v) is 4.58. The molecular formula is C22H27N3OS. The van der Waals surface area contributed by atoms with Gasteiger partial charge in [-0.15, -0.1) is 11.3 Å². The Morgan fingerprint density at radius 1 is 1.26 bits per heavy atom. The Balaban J connectivity index is 1.67. The highest BCUT2D eigenvalue weighted by atomic mass is 32.1. The number of hydrogen-bond acceptors (Lipinski definition) is 4. The van der Waals surface area contributed by atoms with Crippen LogP contribution in [0, 0.1) is 11.3 Å². The number of nitrogens with one attached hydrogen (secondary N) is 2. The zero-order valence-corrected chi connectivity index (χ0v) is 16.6. The highest BCUT2D eigenvalue weighted by molar-refractivity contribution is 7.10. The Kier molecular flexibility index (Phi) is 6.65. The zero-order valence-electron chi connectivity index (χ0n) is 15.8. The van der Waals surface area contributed by atoms with Crippen molar-refractivity contribution in [1.82, 2.24) is 10.6 Å². The average Bonchev–Trinajstić information content (AvgIpc) is 3.36. The van der Waals surface area contributed by atoms with Crippen LogP contribution in [0.5, 0.6) is 0 Å². The number of aryl methyl sites for hydroxylation is 1. The van der Waals surface area contributed by atoms with Gasteiger partial charge in [0.2, 0.25) is 5.91 Å². The van der Waals surface area contributed by atoms with E-state index in [2.05, 4.69) is 59.3 Å². The lowest BCUT2D eigenvalue weighted by Gasteiger charge is -2.23. The van der Waals surface area contributed by atoms with E-state index >= 15 is 0 Å². The molecule has 5 heteroatoms. The molecule has 1 atom stereocenters. The largest absolute Gasteiger partial charge is 0.337 e. The first-order chi connectivity index (χ1) is 13.2. The summed E-state index contributed by atoms with van der Waals surface area (Å²) in [5, 5.41) is 17.9. The van der Waals surface area contributed by atoms with E-state index in [1.165, 1.54) is 10.4 Å². The second-order valence-corrected chi connectivity index (χ2v) is 8.25. The van der Waals surface area contributed by atoms with Gasteiger partial charge in [-0.3, -0.25) is 10.1 Å². The minimum absolute atomic E-state index is 0.0203. The second-order valence-electron chi connectivity index (χ2n) is 7.27. The number of hydrogen-bond donors (Lipinski definition) is 2. The third kappa shape index (κ3) is 4.97. The van der Waals surface area contributed by atoms with Crippen molar-refractivity contribution in [3.63, 3.8) is 0 Å². The van der Waals surface area contributed by atoms with E-state index in [4.69, 9.17) is 0 Å². The van der Waals surface area contributed by atoms with Crippen molar-refractivity contribution in [2.24, 2.45) is 0 Å². The van der Waals surface area contributed by atoms with E-state index in [9.17, 15) is 10.1 Å². The summed E-state index contributed by atoms with van der Waals surface area (Å²) in [7, 11) is 0. The minimum atomic E-state index is -0.668. The van der Waals surface area contributed by atoms with Crippen molar-refractivity contribution in [2.75, 3.05) is 6.54 Å². The van der Waals surface area contributed by atoms with Crippen LogP contribution in [0.3, 0.4) is 0 Å². The van der Waals surface area contributed by atoms with Crippen molar-refractivity contribution >= 4 is 17.2 Å². The fraction of sp³-hybridized carbons (Fsp3) is 0.455. The van der Waals surface area contributed by atoms with Gasteiger partial charge >= 0.3 is 0 Å². The summed E-state index contributed by atoms with van der Waals surface area (Å²) in [6.45, 7) is 2.38. The van der Waals surface area contributed by atoms with Gasteiger partial charge < -0.3 is 5.32 Å². The van der Waals surface area contributed by atoms with Gasteiger partial charge in [0.25, 0.3) is 0 Å². The summed E-state index contributed by atoms with van der Waals surface area (Å²) in [6.07, 6.45) is 5.72. The number of thiophene rings is 1. The first kappa shape index (κ1) is 19.6. The molecule has 0 aliphatic heterocycles. The van der Waals surface area contributed by atoms with Crippen LogP contribution in [0.2, 0.25) is 0 Å². The highest BCUT2D eigenvalue weighted by Gasteiger charge is 2.35. The number of nitriles is 1. The van der Waals surface area contributed by atoms with Crippen molar-refractivity contribution in [3.8, 4) is 6.07 Å². The molecular weight excluding hydrogens is 354 g/mol. The van der Waals surface area contributed by atoms with E-state index in [0.29, 0.717) is 0 Å². The van der Waals surface area contributed by atoms with Gasteiger partial charge in [0.05, 0.1) is 18.7 Å². The Hall–Kier alpha value is -2.16. The van der Waals surface area contributed by atoms with Crippen LogP contribution in [0.1, 0.15) is 61.1 Å². The molecule has 0 unspecified atom stereocenters. The summed E-state index contributed by atoms with van der Waals surface area (Å²) in [4.78, 5) is 13.7. The molecule has 1 saturated carbocycles. The smallest absolute Gasteiger partial charge is 0.235 e. The van der Waals surface area contributed by atoms with Gasteiger partial charge in [0.15, 0.2) is 0 Å². The van der Waals surface area contributed by atoms with E-state index in [1.54, 1.807) is 11.3 Å². The van der Waals surface area contributed by atoms with Gasteiger partial charge in [-0.05, 0) is 54.7 Å². The molecule has 142 valence electrons. The number of carbonyl (C=O) groups is 1. The van der Waals surface area contributed by atoms with E-state index in [0.717, 1.165) is 44.1 Å². The normalized spacial score (nSPS) is 16.6. The molecule has 3 rings (SSSR count). The topological polar surface area (TPSA) is 64.9 Å². The Morgan fingerprint density at radius 3 is 2.59 bits per heavy atom.